The van der Waals surface area contributed by atoms with Gasteiger partial charge in [0.15, 0.2) is 12.4 Å². The second-order valence-corrected chi connectivity index (χ2v) is 7.87. The number of rotatable bonds is 8. The highest BCUT2D eigenvalue weighted by atomic mass is 16.7. The third kappa shape index (κ3) is 5.87. The van der Waals surface area contributed by atoms with E-state index in [4.69, 9.17) is 23.7 Å². The van der Waals surface area contributed by atoms with Crippen LogP contribution >= 0.6 is 0 Å². The fraction of sp³-hybridized carbons (Fsp3) is 0.667. The zero-order valence-corrected chi connectivity index (χ0v) is 17.9. The molecule has 0 aliphatic carbocycles. The average molecular weight is 474 g/mol. The Morgan fingerprint density at radius 1 is 1.00 bits per heavy atom. The molecule has 2 saturated heterocycles. The van der Waals surface area contributed by atoms with Crippen LogP contribution in [0.25, 0.3) is 0 Å². The van der Waals surface area contributed by atoms with Gasteiger partial charge < -0.3 is 54.3 Å². The van der Waals surface area contributed by atoms with Crippen LogP contribution in [-0.4, -0.2) is 119 Å². The quantitative estimate of drug-likeness (QED) is 0.213. The van der Waals surface area contributed by atoms with Crippen LogP contribution in [0, 0.1) is 0 Å². The molecule has 2 aliphatic heterocycles. The molecule has 0 radical (unpaired) electrons. The van der Waals surface area contributed by atoms with Gasteiger partial charge in [-0.05, 0) is 5.56 Å². The van der Waals surface area contributed by atoms with E-state index in [2.05, 4.69) is 0 Å². The van der Waals surface area contributed by atoms with Gasteiger partial charge in [-0.1, -0.05) is 30.3 Å². The Morgan fingerprint density at radius 3 is 2.30 bits per heavy atom. The molecular weight excluding hydrogens is 444 g/mol. The van der Waals surface area contributed by atoms with Gasteiger partial charge in [0.1, 0.15) is 48.8 Å². The minimum absolute atomic E-state index is 0.193. The molecule has 1 unspecified atom stereocenters. The summed E-state index contributed by atoms with van der Waals surface area (Å²) >= 11 is 0. The Hall–Kier alpha value is -1.71. The van der Waals surface area contributed by atoms with Crippen LogP contribution in [0.4, 0.5) is 0 Å². The normalized spacial score (nSPS) is 38.0. The smallest absolute Gasteiger partial charge is 0.339 e. The molecule has 12 heteroatoms. The van der Waals surface area contributed by atoms with E-state index in [9.17, 15) is 35.4 Å². The maximum absolute atomic E-state index is 12.2. The molecule has 2 fully saturated rings. The number of aliphatic hydroxyl groups excluding tert-OH is 6. The Morgan fingerprint density at radius 2 is 1.67 bits per heavy atom. The highest BCUT2D eigenvalue weighted by Crippen LogP contribution is 2.27. The molecule has 6 N–H and O–H groups in total. The van der Waals surface area contributed by atoms with Gasteiger partial charge >= 0.3 is 5.97 Å². The van der Waals surface area contributed by atoms with Crippen LogP contribution in [0.5, 0.6) is 0 Å². The summed E-state index contributed by atoms with van der Waals surface area (Å²) in [6.45, 7) is -1.16. The summed E-state index contributed by atoms with van der Waals surface area (Å²) < 4.78 is 26.7. The fourth-order valence-corrected chi connectivity index (χ4v) is 3.70. The van der Waals surface area contributed by atoms with Crippen molar-refractivity contribution >= 4 is 5.97 Å². The number of benzene rings is 1. The first-order chi connectivity index (χ1) is 15.8. The van der Waals surface area contributed by atoms with Crippen LogP contribution in [0.2, 0.25) is 0 Å². The van der Waals surface area contributed by atoms with Crippen LogP contribution in [-0.2, 0) is 28.5 Å². The first-order valence-corrected chi connectivity index (χ1v) is 10.5. The van der Waals surface area contributed by atoms with Crippen molar-refractivity contribution in [2.75, 3.05) is 26.9 Å². The molecule has 0 aromatic heterocycles. The van der Waals surface area contributed by atoms with E-state index in [0.29, 0.717) is 5.56 Å². The number of hydrogen-bond donors (Lipinski definition) is 6. The molecule has 186 valence electrons. The Labute approximate surface area is 189 Å². The van der Waals surface area contributed by atoms with Crippen LogP contribution in [0.15, 0.2) is 30.3 Å². The van der Waals surface area contributed by atoms with E-state index in [1.807, 2.05) is 0 Å². The molecule has 33 heavy (non-hydrogen) atoms. The number of carbonyl (C=O) groups excluding carboxylic acids is 1. The van der Waals surface area contributed by atoms with E-state index < -0.39 is 73.8 Å². The van der Waals surface area contributed by atoms with Gasteiger partial charge in [-0.15, -0.1) is 0 Å². The van der Waals surface area contributed by atoms with Gasteiger partial charge in [0.05, 0.1) is 26.9 Å². The van der Waals surface area contributed by atoms with Crippen molar-refractivity contribution in [2.45, 2.75) is 61.2 Å². The second kappa shape index (κ2) is 11.6. The molecule has 2 heterocycles. The predicted molar refractivity (Wildman–Crippen MR) is 108 cm³/mol. The predicted octanol–water partition coefficient (Wildman–Crippen LogP) is -2.78. The van der Waals surface area contributed by atoms with Crippen LogP contribution < -0.4 is 0 Å². The molecule has 0 bridgehead atoms. The molecule has 10 atom stereocenters. The third-order valence-corrected chi connectivity index (χ3v) is 5.69. The minimum atomic E-state index is -1.62. The van der Waals surface area contributed by atoms with Crippen LogP contribution in [0.1, 0.15) is 11.7 Å². The molecule has 0 spiro atoms. The molecule has 0 saturated carbocycles. The van der Waals surface area contributed by atoms with E-state index in [-0.39, 0.29) is 13.2 Å². The summed E-state index contributed by atoms with van der Waals surface area (Å²) in [6, 6.07) is 8.50. The molecule has 2 aliphatic rings. The summed E-state index contributed by atoms with van der Waals surface area (Å²) in [5.74, 6) is -0.684. The summed E-state index contributed by atoms with van der Waals surface area (Å²) in [6.07, 6.45) is -13.5. The van der Waals surface area contributed by atoms with E-state index >= 15 is 0 Å². The first kappa shape index (κ1) is 25.9. The van der Waals surface area contributed by atoms with Crippen molar-refractivity contribution in [1.29, 1.82) is 0 Å². The van der Waals surface area contributed by atoms with Crippen molar-refractivity contribution in [1.82, 2.24) is 0 Å². The van der Waals surface area contributed by atoms with Crippen molar-refractivity contribution in [3.8, 4) is 0 Å². The highest BCUT2D eigenvalue weighted by molar-refractivity contribution is 5.76. The molecule has 3 rings (SSSR count). The lowest BCUT2D eigenvalue weighted by molar-refractivity contribution is -0.311. The molecule has 12 nitrogen and oxygen atoms in total. The zero-order valence-electron chi connectivity index (χ0n) is 17.9. The lowest BCUT2D eigenvalue weighted by Crippen LogP contribution is -2.60. The number of methoxy groups -OCH3 is 1. The Bertz CT molecular complexity index is 746. The third-order valence-electron chi connectivity index (χ3n) is 5.69. The van der Waals surface area contributed by atoms with Crippen molar-refractivity contribution in [3.05, 3.63) is 35.9 Å². The second-order valence-electron chi connectivity index (χ2n) is 7.87. The largest absolute Gasteiger partial charge is 0.467 e. The Balaban J connectivity index is 1.59. The first-order valence-electron chi connectivity index (χ1n) is 10.5. The van der Waals surface area contributed by atoms with E-state index in [1.165, 1.54) is 7.11 Å². The monoisotopic (exact) mass is 474 g/mol. The summed E-state index contributed by atoms with van der Waals surface area (Å²) in [7, 11) is 1.21. The molecule has 1 aromatic rings. The summed E-state index contributed by atoms with van der Waals surface area (Å²) in [5.41, 5.74) is 0.499. The lowest BCUT2D eigenvalue weighted by atomic mass is 9.98. The number of carbonyl (C=O) groups is 1. The molecule has 1 aromatic carbocycles. The van der Waals surface area contributed by atoms with Gasteiger partial charge in [-0.3, -0.25) is 0 Å². The topological polar surface area (TPSA) is 185 Å². The standard InChI is InChI=1S/C21H30O12/c1-29-20(28)19(10-5-3-2-4-6-10)32-13-9-30-12(15(24)16(13)25)8-31-21-18(27)17(26)14(23)11(7-22)33-21/h2-6,11-19,21-27H,7-9H2,1H3/t11-,12-,13+,14-,15-,16-,17+,18-,19?,21-/m1/s1. The molecular formula is C21H30O12. The fourth-order valence-electron chi connectivity index (χ4n) is 3.70. The number of ether oxygens (including phenoxy) is 5. The lowest BCUT2D eigenvalue weighted by Gasteiger charge is -2.41. The SMILES string of the molecule is COC(=O)C(O[C@H]1CO[C@H](CO[C@@H]2O[C@H](CO)[C@@H](O)[C@H](O)[C@H]2O)[C@@H](O)[C@@H]1O)c1ccccc1. The number of hydrogen-bond acceptors (Lipinski definition) is 12. The van der Waals surface area contributed by atoms with Gasteiger partial charge in [-0.2, -0.15) is 0 Å². The maximum Gasteiger partial charge on any atom is 0.339 e. The Kier molecular flexibility index (Phi) is 9.12. The van der Waals surface area contributed by atoms with Gasteiger partial charge in [0.2, 0.25) is 0 Å². The van der Waals surface area contributed by atoms with E-state index in [1.54, 1.807) is 30.3 Å². The van der Waals surface area contributed by atoms with E-state index in [0.717, 1.165) is 0 Å². The summed E-state index contributed by atoms with van der Waals surface area (Å²) in [4.78, 5) is 12.2. The number of esters is 1. The maximum atomic E-state index is 12.2. The van der Waals surface area contributed by atoms with Crippen LogP contribution in [0.3, 0.4) is 0 Å². The van der Waals surface area contributed by atoms with Gasteiger partial charge in [0, 0.05) is 0 Å². The van der Waals surface area contributed by atoms with Gasteiger partial charge in [0.25, 0.3) is 0 Å². The van der Waals surface area contributed by atoms with Crippen molar-refractivity contribution < 1.29 is 59.1 Å². The summed E-state index contributed by atoms with van der Waals surface area (Å²) in [5, 5.41) is 60.0. The zero-order chi connectivity index (χ0) is 24.1. The highest BCUT2D eigenvalue weighted by Gasteiger charge is 2.46. The minimum Gasteiger partial charge on any atom is -0.467 e. The van der Waals surface area contributed by atoms with Gasteiger partial charge in [-0.25, -0.2) is 4.79 Å². The number of aliphatic hydroxyl groups is 6. The van der Waals surface area contributed by atoms with Crippen molar-refractivity contribution in [2.24, 2.45) is 0 Å². The van der Waals surface area contributed by atoms with Crippen molar-refractivity contribution in [3.63, 3.8) is 0 Å². The average Bonchev–Trinajstić information content (AvgIpc) is 2.84. The molecule has 0 amide bonds.